The molecule has 0 spiro atoms. The van der Waals surface area contributed by atoms with Crippen LogP contribution >= 0.6 is 0 Å². The van der Waals surface area contributed by atoms with Gasteiger partial charge in [0, 0.05) is 0 Å². The SMILES string of the molecule is C=C(C)C(=C/C=C\C)C(=C)C. The van der Waals surface area contributed by atoms with E-state index < -0.39 is 0 Å². The molecule has 0 radical (unpaired) electrons. The Morgan fingerprint density at radius 1 is 1.09 bits per heavy atom. The average molecular weight is 148 g/mol. The molecule has 0 aromatic carbocycles. The summed E-state index contributed by atoms with van der Waals surface area (Å²) in [6, 6.07) is 0. The van der Waals surface area contributed by atoms with E-state index in [4.69, 9.17) is 0 Å². The molecule has 0 aromatic heterocycles. The summed E-state index contributed by atoms with van der Waals surface area (Å²) in [6.07, 6.45) is 6.02. The predicted molar refractivity (Wildman–Crippen MR) is 52.5 cm³/mol. The molecule has 11 heavy (non-hydrogen) atoms. The first-order chi connectivity index (χ1) is 5.09. The Kier molecular flexibility index (Phi) is 4.28. The molecule has 60 valence electrons. The molecule has 0 aromatic rings. The summed E-state index contributed by atoms with van der Waals surface area (Å²) in [7, 11) is 0. The van der Waals surface area contributed by atoms with Crippen molar-refractivity contribution in [3.63, 3.8) is 0 Å². The fourth-order valence-electron chi connectivity index (χ4n) is 0.841. The van der Waals surface area contributed by atoms with Gasteiger partial charge in [-0.15, -0.1) is 0 Å². The zero-order valence-corrected chi connectivity index (χ0v) is 7.65. The minimum absolute atomic E-state index is 1.07. The van der Waals surface area contributed by atoms with Crippen LogP contribution in [0.1, 0.15) is 20.8 Å². The lowest BCUT2D eigenvalue weighted by Crippen LogP contribution is -1.83. The molecule has 0 amide bonds. The second kappa shape index (κ2) is 4.73. The first kappa shape index (κ1) is 9.96. The Labute approximate surface area is 69.6 Å². The second-order valence-corrected chi connectivity index (χ2v) is 2.67. The van der Waals surface area contributed by atoms with Crippen LogP contribution in [0.2, 0.25) is 0 Å². The van der Waals surface area contributed by atoms with Crippen LogP contribution in [0.3, 0.4) is 0 Å². The number of rotatable bonds is 3. The molecule has 0 heteroatoms. The van der Waals surface area contributed by atoms with Crippen molar-refractivity contribution in [3.8, 4) is 0 Å². The van der Waals surface area contributed by atoms with Crippen molar-refractivity contribution in [2.24, 2.45) is 0 Å². The highest BCUT2D eigenvalue weighted by Gasteiger charge is 1.95. The molecule has 0 aliphatic rings. The standard InChI is InChI=1S/C11H16/c1-6-7-8-11(9(2)3)10(4)5/h6-8H,2,4H2,1,3,5H3/b7-6-. The van der Waals surface area contributed by atoms with Crippen molar-refractivity contribution < 1.29 is 0 Å². The van der Waals surface area contributed by atoms with Gasteiger partial charge in [0.15, 0.2) is 0 Å². The Bertz CT molecular complexity index is 198. The summed E-state index contributed by atoms with van der Waals surface area (Å²) in [5.74, 6) is 0. The molecule has 0 saturated carbocycles. The monoisotopic (exact) mass is 148 g/mol. The fourth-order valence-corrected chi connectivity index (χ4v) is 0.841. The van der Waals surface area contributed by atoms with Crippen LogP contribution in [0.4, 0.5) is 0 Å². The van der Waals surface area contributed by atoms with Crippen molar-refractivity contribution in [1.29, 1.82) is 0 Å². The molecule has 0 heterocycles. The van der Waals surface area contributed by atoms with Gasteiger partial charge in [0.25, 0.3) is 0 Å². The normalized spacial score (nSPS) is 9.73. The number of allylic oxidation sites excluding steroid dienone is 6. The Morgan fingerprint density at radius 2 is 1.55 bits per heavy atom. The molecular formula is C11H16. The van der Waals surface area contributed by atoms with E-state index in [1.54, 1.807) is 0 Å². The van der Waals surface area contributed by atoms with Gasteiger partial charge in [-0.1, -0.05) is 42.5 Å². The molecule has 0 atom stereocenters. The zero-order chi connectivity index (χ0) is 8.85. The minimum atomic E-state index is 1.07. The van der Waals surface area contributed by atoms with Gasteiger partial charge in [-0.2, -0.15) is 0 Å². The van der Waals surface area contributed by atoms with E-state index in [1.807, 2.05) is 39.0 Å². The van der Waals surface area contributed by atoms with Crippen LogP contribution in [0, 0.1) is 0 Å². The maximum absolute atomic E-state index is 3.87. The molecule has 0 rings (SSSR count). The number of hydrogen-bond donors (Lipinski definition) is 0. The van der Waals surface area contributed by atoms with Gasteiger partial charge in [-0.25, -0.2) is 0 Å². The van der Waals surface area contributed by atoms with Crippen molar-refractivity contribution in [2.75, 3.05) is 0 Å². The van der Waals surface area contributed by atoms with Gasteiger partial charge in [-0.05, 0) is 26.3 Å². The lowest BCUT2D eigenvalue weighted by atomic mass is 10.0. The summed E-state index contributed by atoms with van der Waals surface area (Å²) in [6.45, 7) is 13.7. The smallest absolute Gasteiger partial charge is 0.0210 e. The van der Waals surface area contributed by atoms with Crippen LogP contribution in [-0.4, -0.2) is 0 Å². The van der Waals surface area contributed by atoms with Gasteiger partial charge in [0.2, 0.25) is 0 Å². The second-order valence-electron chi connectivity index (χ2n) is 2.67. The first-order valence-electron chi connectivity index (χ1n) is 3.74. The zero-order valence-electron chi connectivity index (χ0n) is 7.65. The van der Waals surface area contributed by atoms with Gasteiger partial charge in [0.1, 0.15) is 0 Å². The van der Waals surface area contributed by atoms with E-state index in [9.17, 15) is 0 Å². The van der Waals surface area contributed by atoms with Crippen LogP contribution in [0.25, 0.3) is 0 Å². The van der Waals surface area contributed by atoms with Crippen LogP contribution in [0.15, 0.2) is 48.1 Å². The third kappa shape index (κ3) is 3.61. The summed E-state index contributed by atoms with van der Waals surface area (Å²) < 4.78 is 0. The highest BCUT2D eigenvalue weighted by atomic mass is 14.0. The van der Waals surface area contributed by atoms with Gasteiger partial charge >= 0.3 is 0 Å². The molecule has 0 aliphatic heterocycles. The lowest BCUT2D eigenvalue weighted by molar-refractivity contribution is 1.35. The fraction of sp³-hybridized carbons (Fsp3) is 0.273. The van der Waals surface area contributed by atoms with Crippen LogP contribution in [0.5, 0.6) is 0 Å². The van der Waals surface area contributed by atoms with E-state index >= 15 is 0 Å². The Hall–Kier alpha value is -1.04. The molecule has 0 saturated heterocycles. The van der Waals surface area contributed by atoms with E-state index in [0.29, 0.717) is 0 Å². The molecule has 0 N–H and O–H groups in total. The van der Waals surface area contributed by atoms with Crippen molar-refractivity contribution in [2.45, 2.75) is 20.8 Å². The van der Waals surface area contributed by atoms with Crippen molar-refractivity contribution >= 4 is 0 Å². The van der Waals surface area contributed by atoms with Gasteiger partial charge in [0.05, 0.1) is 0 Å². The Morgan fingerprint density at radius 3 is 1.82 bits per heavy atom. The maximum atomic E-state index is 3.87. The third-order valence-electron chi connectivity index (χ3n) is 1.37. The van der Waals surface area contributed by atoms with E-state index in [-0.39, 0.29) is 0 Å². The lowest BCUT2D eigenvalue weighted by Gasteiger charge is -2.03. The first-order valence-corrected chi connectivity index (χ1v) is 3.74. The van der Waals surface area contributed by atoms with Gasteiger partial charge < -0.3 is 0 Å². The summed E-state index contributed by atoms with van der Waals surface area (Å²) in [4.78, 5) is 0. The molecule has 0 bridgehead atoms. The highest BCUT2D eigenvalue weighted by Crippen LogP contribution is 2.15. The van der Waals surface area contributed by atoms with E-state index in [1.165, 1.54) is 0 Å². The molecular weight excluding hydrogens is 132 g/mol. The summed E-state index contributed by atoms with van der Waals surface area (Å²) >= 11 is 0. The largest absolute Gasteiger partial charge is 0.0955 e. The van der Waals surface area contributed by atoms with Crippen LogP contribution < -0.4 is 0 Å². The minimum Gasteiger partial charge on any atom is -0.0955 e. The average Bonchev–Trinajstić information content (AvgIpc) is 1.87. The van der Waals surface area contributed by atoms with E-state index in [2.05, 4.69) is 13.2 Å². The number of hydrogen-bond acceptors (Lipinski definition) is 0. The van der Waals surface area contributed by atoms with Crippen molar-refractivity contribution in [1.82, 2.24) is 0 Å². The molecule has 0 nitrogen and oxygen atoms in total. The van der Waals surface area contributed by atoms with Crippen LogP contribution in [-0.2, 0) is 0 Å². The summed E-state index contributed by atoms with van der Waals surface area (Å²) in [5, 5.41) is 0. The maximum Gasteiger partial charge on any atom is -0.0210 e. The molecule has 0 unspecified atom stereocenters. The summed E-state index contributed by atoms with van der Waals surface area (Å²) in [5.41, 5.74) is 3.27. The Balaban J connectivity index is 4.60. The third-order valence-corrected chi connectivity index (χ3v) is 1.37. The van der Waals surface area contributed by atoms with E-state index in [0.717, 1.165) is 16.7 Å². The topological polar surface area (TPSA) is 0 Å². The molecule has 0 aliphatic carbocycles. The van der Waals surface area contributed by atoms with Crippen molar-refractivity contribution in [3.05, 3.63) is 48.1 Å². The molecule has 0 fully saturated rings. The van der Waals surface area contributed by atoms with Gasteiger partial charge in [-0.3, -0.25) is 0 Å². The quantitative estimate of drug-likeness (QED) is 0.536. The highest BCUT2D eigenvalue weighted by molar-refractivity contribution is 5.43. The predicted octanol–water partition coefficient (Wildman–Crippen LogP) is 3.64.